The van der Waals surface area contributed by atoms with Crippen LogP contribution in [0.15, 0.2) is 60.7 Å². The fourth-order valence-corrected chi connectivity index (χ4v) is 8.13. The second-order valence-corrected chi connectivity index (χ2v) is 11.5. The van der Waals surface area contributed by atoms with Gasteiger partial charge in [0.25, 0.3) is 8.32 Å². The van der Waals surface area contributed by atoms with Gasteiger partial charge in [0.05, 0.1) is 18.6 Å². The molecule has 0 N–H and O–H groups in total. The van der Waals surface area contributed by atoms with Crippen LogP contribution in [0.2, 0.25) is 5.04 Å². The molecule has 0 radical (unpaired) electrons. The van der Waals surface area contributed by atoms with Crippen molar-refractivity contribution in [2.45, 2.75) is 38.3 Å². The average molecular weight is 358 g/mol. The summed E-state index contributed by atoms with van der Waals surface area (Å²) in [5.74, 6) is 0.318. The first-order valence-corrected chi connectivity index (χ1v) is 10.6. The van der Waals surface area contributed by atoms with Gasteiger partial charge >= 0.3 is 0 Å². The van der Waals surface area contributed by atoms with Crippen molar-refractivity contribution in [3.8, 4) is 6.07 Å². The van der Waals surface area contributed by atoms with E-state index in [9.17, 15) is 0 Å². The molecule has 126 valence electrons. The lowest BCUT2D eigenvalue weighted by atomic mass is 10.2. The summed E-state index contributed by atoms with van der Waals surface area (Å²) in [5, 5.41) is 11.4. The highest BCUT2D eigenvalue weighted by molar-refractivity contribution is 6.99. The topological polar surface area (TPSA) is 33.0 Å². The Morgan fingerprint density at radius 2 is 1.46 bits per heavy atom. The predicted molar refractivity (Wildman–Crippen MR) is 103 cm³/mol. The highest BCUT2D eigenvalue weighted by Crippen LogP contribution is 2.37. The van der Waals surface area contributed by atoms with Gasteiger partial charge in [-0.1, -0.05) is 81.4 Å². The van der Waals surface area contributed by atoms with Crippen LogP contribution in [-0.2, 0) is 4.43 Å². The Labute approximate surface area is 151 Å². The number of rotatable bonds is 6. The van der Waals surface area contributed by atoms with Crippen molar-refractivity contribution in [1.82, 2.24) is 0 Å². The Bertz CT molecular complexity index is 637. The molecule has 0 heterocycles. The number of nitriles is 1. The summed E-state index contributed by atoms with van der Waals surface area (Å²) >= 11 is 6.12. The summed E-state index contributed by atoms with van der Waals surface area (Å²) in [6, 6.07) is 23.0. The molecular weight excluding hydrogens is 334 g/mol. The third-order valence-corrected chi connectivity index (χ3v) is 9.69. The number of alkyl halides is 1. The van der Waals surface area contributed by atoms with Crippen LogP contribution in [0.25, 0.3) is 0 Å². The van der Waals surface area contributed by atoms with Crippen molar-refractivity contribution in [2.75, 3.05) is 5.88 Å². The van der Waals surface area contributed by atoms with Crippen molar-refractivity contribution in [3.05, 3.63) is 60.7 Å². The highest BCUT2D eigenvalue weighted by atomic mass is 35.5. The molecule has 2 aromatic rings. The van der Waals surface area contributed by atoms with Crippen LogP contribution in [0, 0.1) is 11.3 Å². The van der Waals surface area contributed by atoms with Crippen LogP contribution < -0.4 is 10.4 Å². The van der Waals surface area contributed by atoms with E-state index in [-0.39, 0.29) is 11.1 Å². The van der Waals surface area contributed by atoms with E-state index in [0.29, 0.717) is 12.3 Å². The summed E-state index contributed by atoms with van der Waals surface area (Å²) < 4.78 is 6.75. The molecule has 0 aromatic heterocycles. The molecule has 0 fully saturated rings. The molecular formula is C20H24ClNOSi. The van der Waals surface area contributed by atoms with E-state index < -0.39 is 8.32 Å². The van der Waals surface area contributed by atoms with Crippen LogP contribution in [0.5, 0.6) is 0 Å². The van der Waals surface area contributed by atoms with Gasteiger partial charge in [0, 0.05) is 5.88 Å². The summed E-state index contributed by atoms with van der Waals surface area (Å²) in [6.45, 7) is 6.66. The molecule has 0 bridgehead atoms. The predicted octanol–water partition coefficient (Wildman–Crippen LogP) is 4.08. The number of hydrogen-bond donors (Lipinski definition) is 0. The number of benzene rings is 2. The van der Waals surface area contributed by atoms with Gasteiger partial charge < -0.3 is 4.43 Å². The van der Waals surface area contributed by atoms with Crippen molar-refractivity contribution in [3.63, 3.8) is 0 Å². The minimum Gasteiger partial charge on any atom is -0.402 e. The maximum Gasteiger partial charge on any atom is 0.261 e. The smallest absolute Gasteiger partial charge is 0.261 e. The molecule has 2 nitrogen and oxygen atoms in total. The highest BCUT2D eigenvalue weighted by Gasteiger charge is 2.51. The summed E-state index contributed by atoms with van der Waals surface area (Å²) in [5.41, 5.74) is 0. The Balaban J connectivity index is 2.68. The summed E-state index contributed by atoms with van der Waals surface area (Å²) in [7, 11) is -2.61. The third-order valence-electron chi connectivity index (χ3n) is 4.25. The Kier molecular flexibility index (Phi) is 6.23. The van der Waals surface area contributed by atoms with E-state index in [1.54, 1.807) is 0 Å². The Morgan fingerprint density at radius 3 is 1.79 bits per heavy atom. The zero-order valence-electron chi connectivity index (χ0n) is 14.5. The molecule has 0 aliphatic carbocycles. The van der Waals surface area contributed by atoms with Crippen molar-refractivity contribution < 1.29 is 4.43 Å². The normalized spacial score (nSPS) is 13.3. The van der Waals surface area contributed by atoms with E-state index in [1.807, 2.05) is 12.1 Å². The van der Waals surface area contributed by atoms with Gasteiger partial charge in [-0.25, -0.2) is 0 Å². The van der Waals surface area contributed by atoms with Gasteiger partial charge in [-0.05, 0) is 15.4 Å². The summed E-state index contributed by atoms with van der Waals surface area (Å²) in [4.78, 5) is 0. The second-order valence-electron chi connectivity index (χ2n) is 6.92. The van der Waals surface area contributed by atoms with E-state index in [2.05, 4.69) is 75.4 Å². The van der Waals surface area contributed by atoms with E-state index in [1.165, 1.54) is 10.4 Å². The molecule has 2 rings (SSSR count). The molecule has 0 saturated heterocycles. The van der Waals surface area contributed by atoms with Gasteiger partial charge in [-0.3, -0.25) is 0 Å². The second kappa shape index (κ2) is 7.98. The fourth-order valence-electron chi connectivity index (χ4n) is 3.17. The lowest BCUT2D eigenvalue weighted by Crippen LogP contribution is -2.67. The van der Waals surface area contributed by atoms with Gasteiger partial charge in [-0.15, -0.1) is 11.6 Å². The molecule has 0 spiro atoms. The Hall–Kier alpha value is -1.60. The van der Waals surface area contributed by atoms with Crippen LogP contribution >= 0.6 is 11.6 Å². The van der Waals surface area contributed by atoms with Crippen molar-refractivity contribution in [2.24, 2.45) is 0 Å². The molecule has 1 atom stereocenters. The first-order chi connectivity index (χ1) is 11.5. The lowest BCUT2D eigenvalue weighted by Gasteiger charge is -2.44. The zero-order chi connectivity index (χ0) is 17.6. The van der Waals surface area contributed by atoms with Gasteiger partial charge in [0.1, 0.15) is 0 Å². The Morgan fingerprint density at radius 1 is 1.00 bits per heavy atom. The van der Waals surface area contributed by atoms with Crippen LogP contribution in [0.1, 0.15) is 27.2 Å². The van der Waals surface area contributed by atoms with Crippen molar-refractivity contribution >= 4 is 30.3 Å². The van der Waals surface area contributed by atoms with E-state index in [0.717, 1.165) is 0 Å². The minimum atomic E-state index is -2.61. The molecule has 4 heteroatoms. The van der Waals surface area contributed by atoms with Gasteiger partial charge in [0.2, 0.25) is 0 Å². The standard InChI is InChI=1S/C20H24ClNOSi/c1-20(2,3)24(18-10-6-4-7-11-18,19-12-8-5-9-13-19)23-17(16-21)14-15-22/h4-13,17H,14,16H2,1-3H3/t17-/m0/s1. The molecule has 0 amide bonds. The molecule has 0 aliphatic rings. The largest absolute Gasteiger partial charge is 0.402 e. The molecule has 0 unspecified atom stereocenters. The third kappa shape index (κ3) is 3.72. The quantitative estimate of drug-likeness (QED) is 0.576. The van der Waals surface area contributed by atoms with Gasteiger partial charge in [-0.2, -0.15) is 5.26 Å². The number of hydrogen-bond acceptors (Lipinski definition) is 2. The van der Waals surface area contributed by atoms with Crippen molar-refractivity contribution in [1.29, 1.82) is 5.26 Å². The van der Waals surface area contributed by atoms with E-state index >= 15 is 0 Å². The fraction of sp³-hybridized carbons (Fsp3) is 0.350. The first kappa shape index (κ1) is 18.7. The van der Waals surface area contributed by atoms with Crippen LogP contribution in [0.4, 0.5) is 0 Å². The molecule has 0 saturated carbocycles. The number of nitrogens with zero attached hydrogens (tertiary/aromatic N) is 1. The molecule has 0 aliphatic heterocycles. The van der Waals surface area contributed by atoms with Gasteiger partial charge in [0.15, 0.2) is 0 Å². The van der Waals surface area contributed by atoms with Crippen LogP contribution in [0.3, 0.4) is 0 Å². The molecule has 2 aromatic carbocycles. The maximum atomic E-state index is 9.14. The maximum absolute atomic E-state index is 9.14. The number of halogens is 1. The van der Waals surface area contributed by atoms with E-state index in [4.69, 9.17) is 21.3 Å². The average Bonchev–Trinajstić information content (AvgIpc) is 2.59. The summed E-state index contributed by atoms with van der Waals surface area (Å²) in [6.07, 6.45) is 0.0246. The van der Waals surface area contributed by atoms with Crippen LogP contribution in [-0.4, -0.2) is 20.3 Å². The SMILES string of the molecule is CC(C)(C)[Si](O[C@H](CCl)CC#N)(c1ccccc1)c1ccccc1. The first-order valence-electron chi connectivity index (χ1n) is 8.17. The minimum absolute atomic E-state index is 0.102. The zero-order valence-corrected chi connectivity index (χ0v) is 16.3. The monoisotopic (exact) mass is 357 g/mol. The lowest BCUT2D eigenvalue weighted by molar-refractivity contribution is 0.214. The molecule has 24 heavy (non-hydrogen) atoms.